The van der Waals surface area contributed by atoms with E-state index in [0.29, 0.717) is 11.4 Å². The molecule has 4 heteroatoms. The molecule has 0 aliphatic heterocycles. The minimum atomic E-state index is 0.0944. The number of aromatic nitrogens is 3. The quantitative estimate of drug-likeness (QED) is 0.686. The molecule has 0 fully saturated rings. The summed E-state index contributed by atoms with van der Waals surface area (Å²) in [5, 5.41) is 8.16. The predicted molar refractivity (Wildman–Crippen MR) is 90.9 cm³/mol. The summed E-state index contributed by atoms with van der Waals surface area (Å²) in [5.74, 6) is 0. The average Bonchev–Trinajstić information content (AvgIpc) is 2.99. The molecule has 116 valence electrons. The van der Waals surface area contributed by atoms with E-state index in [0.717, 1.165) is 17.5 Å². The first-order chi connectivity index (χ1) is 11.0. The van der Waals surface area contributed by atoms with Crippen LogP contribution in [-0.4, -0.2) is 21.3 Å². The second-order valence-electron chi connectivity index (χ2n) is 6.52. The van der Waals surface area contributed by atoms with Crippen LogP contribution in [0.2, 0.25) is 0 Å². The van der Waals surface area contributed by atoms with Crippen LogP contribution >= 0.6 is 0 Å². The summed E-state index contributed by atoms with van der Waals surface area (Å²) < 4.78 is 1.71. The van der Waals surface area contributed by atoms with Crippen molar-refractivity contribution in [1.29, 1.82) is 0 Å². The van der Waals surface area contributed by atoms with Crippen LogP contribution in [-0.2, 0) is 5.41 Å². The summed E-state index contributed by atoms with van der Waals surface area (Å²) in [7, 11) is 0. The van der Waals surface area contributed by atoms with Gasteiger partial charge in [0.25, 0.3) is 0 Å². The highest BCUT2D eigenvalue weighted by atomic mass is 16.1. The molecule has 0 aliphatic carbocycles. The molecule has 1 heterocycles. The normalized spacial score (nSPS) is 11.4. The van der Waals surface area contributed by atoms with Gasteiger partial charge in [-0.1, -0.05) is 68.4 Å². The molecule has 0 radical (unpaired) electrons. The van der Waals surface area contributed by atoms with Crippen molar-refractivity contribution in [3.8, 4) is 16.9 Å². The molecule has 1 aromatic heterocycles. The van der Waals surface area contributed by atoms with E-state index in [2.05, 4.69) is 43.2 Å². The molecule has 0 bridgehead atoms. The van der Waals surface area contributed by atoms with E-state index < -0.39 is 0 Å². The van der Waals surface area contributed by atoms with E-state index in [1.54, 1.807) is 4.68 Å². The first kappa shape index (κ1) is 15.2. The summed E-state index contributed by atoms with van der Waals surface area (Å²) in [6, 6.07) is 17.9. The van der Waals surface area contributed by atoms with E-state index in [1.165, 1.54) is 5.56 Å². The van der Waals surface area contributed by atoms with Gasteiger partial charge < -0.3 is 0 Å². The van der Waals surface area contributed by atoms with Gasteiger partial charge in [-0.15, -0.1) is 5.10 Å². The van der Waals surface area contributed by atoms with Crippen LogP contribution in [0.3, 0.4) is 0 Å². The number of nitrogens with zero attached hydrogens (tertiary/aromatic N) is 3. The van der Waals surface area contributed by atoms with Crippen molar-refractivity contribution in [1.82, 2.24) is 15.0 Å². The zero-order valence-electron chi connectivity index (χ0n) is 13.5. The van der Waals surface area contributed by atoms with Crippen molar-refractivity contribution in [3.63, 3.8) is 0 Å². The molecule has 0 spiro atoms. The predicted octanol–water partition coefficient (Wildman–Crippen LogP) is 4.04. The number of benzene rings is 2. The minimum Gasteiger partial charge on any atom is -0.296 e. The van der Waals surface area contributed by atoms with Crippen LogP contribution in [0.5, 0.6) is 0 Å². The van der Waals surface area contributed by atoms with Crippen molar-refractivity contribution in [2.45, 2.75) is 26.2 Å². The highest BCUT2D eigenvalue weighted by Gasteiger charge is 2.17. The van der Waals surface area contributed by atoms with Crippen LogP contribution in [0, 0.1) is 0 Å². The number of carbonyl (C=O) groups is 1. The Labute approximate surface area is 135 Å². The van der Waals surface area contributed by atoms with E-state index in [1.807, 2.05) is 42.5 Å². The number of hydrogen-bond donors (Lipinski definition) is 0. The Hall–Kier alpha value is -2.75. The van der Waals surface area contributed by atoms with Crippen LogP contribution < -0.4 is 0 Å². The van der Waals surface area contributed by atoms with Crippen molar-refractivity contribution >= 4 is 6.29 Å². The second-order valence-corrected chi connectivity index (χ2v) is 6.52. The third-order valence-corrected chi connectivity index (χ3v) is 3.83. The minimum absolute atomic E-state index is 0.0944. The summed E-state index contributed by atoms with van der Waals surface area (Å²) in [4.78, 5) is 11.3. The Morgan fingerprint density at radius 2 is 1.61 bits per heavy atom. The SMILES string of the molecule is CC(C)(C)c1ccc(-n2nnc(C=O)c2-c2ccccc2)cc1. The van der Waals surface area contributed by atoms with E-state index >= 15 is 0 Å². The first-order valence-electron chi connectivity index (χ1n) is 7.58. The second kappa shape index (κ2) is 5.80. The van der Waals surface area contributed by atoms with Gasteiger partial charge in [-0.25, -0.2) is 4.68 Å². The lowest BCUT2D eigenvalue weighted by Gasteiger charge is -2.19. The third-order valence-electron chi connectivity index (χ3n) is 3.83. The van der Waals surface area contributed by atoms with Crippen molar-refractivity contribution < 1.29 is 4.79 Å². The Kier molecular flexibility index (Phi) is 3.82. The van der Waals surface area contributed by atoms with Crippen LogP contribution in [0.15, 0.2) is 54.6 Å². The van der Waals surface area contributed by atoms with Gasteiger partial charge in [0.2, 0.25) is 0 Å². The smallest absolute Gasteiger partial charge is 0.172 e. The van der Waals surface area contributed by atoms with Crippen LogP contribution in [0.1, 0.15) is 36.8 Å². The molecule has 23 heavy (non-hydrogen) atoms. The zero-order chi connectivity index (χ0) is 16.4. The molecule has 4 nitrogen and oxygen atoms in total. The Balaban J connectivity index is 2.11. The number of hydrogen-bond acceptors (Lipinski definition) is 3. The van der Waals surface area contributed by atoms with Crippen molar-refractivity contribution in [3.05, 3.63) is 65.9 Å². The Bertz CT molecular complexity index is 812. The molecule has 3 aromatic rings. The summed E-state index contributed by atoms with van der Waals surface area (Å²) in [6.45, 7) is 6.53. The maximum absolute atomic E-state index is 11.3. The van der Waals surface area contributed by atoms with Crippen molar-refractivity contribution in [2.75, 3.05) is 0 Å². The summed E-state index contributed by atoms with van der Waals surface area (Å²) in [6.07, 6.45) is 0.745. The number of carbonyl (C=O) groups excluding carboxylic acids is 1. The Morgan fingerprint density at radius 3 is 2.17 bits per heavy atom. The molecule has 0 aliphatic rings. The molecule has 0 N–H and O–H groups in total. The molecule has 0 saturated carbocycles. The molecule has 0 unspecified atom stereocenters. The maximum atomic E-state index is 11.3. The van der Waals surface area contributed by atoms with Gasteiger partial charge in [0, 0.05) is 5.56 Å². The maximum Gasteiger partial charge on any atom is 0.172 e. The van der Waals surface area contributed by atoms with Gasteiger partial charge in [0.15, 0.2) is 12.0 Å². The van der Waals surface area contributed by atoms with Crippen LogP contribution in [0.25, 0.3) is 16.9 Å². The van der Waals surface area contributed by atoms with Crippen molar-refractivity contribution in [2.24, 2.45) is 0 Å². The first-order valence-corrected chi connectivity index (χ1v) is 7.58. The fourth-order valence-electron chi connectivity index (χ4n) is 2.52. The summed E-state index contributed by atoms with van der Waals surface area (Å²) in [5.41, 5.74) is 4.20. The molecule has 0 amide bonds. The molecule has 3 rings (SSSR count). The highest BCUT2D eigenvalue weighted by Crippen LogP contribution is 2.27. The van der Waals surface area contributed by atoms with Crippen LogP contribution in [0.4, 0.5) is 0 Å². The molecular weight excluding hydrogens is 286 g/mol. The standard InChI is InChI=1S/C19H19N3O/c1-19(2,3)15-9-11-16(12-10-15)22-18(17(13-23)20-21-22)14-7-5-4-6-8-14/h4-13H,1-3H3. The van der Waals surface area contributed by atoms with Gasteiger partial charge in [0.1, 0.15) is 5.69 Å². The number of aldehydes is 1. The lowest BCUT2D eigenvalue weighted by molar-refractivity contribution is 0.111. The molecular formula is C19H19N3O. The largest absolute Gasteiger partial charge is 0.296 e. The van der Waals surface area contributed by atoms with Gasteiger partial charge in [-0.05, 0) is 23.1 Å². The van der Waals surface area contributed by atoms with Gasteiger partial charge in [-0.3, -0.25) is 4.79 Å². The Morgan fingerprint density at radius 1 is 0.957 bits per heavy atom. The third kappa shape index (κ3) is 2.93. The number of rotatable bonds is 3. The lowest BCUT2D eigenvalue weighted by atomic mass is 9.87. The zero-order valence-corrected chi connectivity index (χ0v) is 13.5. The lowest BCUT2D eigenvalue weighted by Crippen LogP contribution is -2.11. The van der Waals surface area contributed by atoms with E-state index in [-0.39, 0.29) is 5.41 Å². The molecule has 2 aromatic carbocycles. The fourth-order valence-corrected chi connectivity index (χ4v) is 2.52. The topological polar surface area (TPSA) is 47.8 Å². The fraction of sp³-hybridized carbons (Fsp3) is 0.211. The van der Waals surface area contributed by atoms with Gasteiger partial charge >= 0.3 is 0 Å². The van der Waals surface area contributed by atoms with Gasteiger partial charge in [-0.2, -0.15) is 0 Å². The van der Waals surface area contributed by atoms with E-state index in [4.69, 9.17) is 0 Å². The van der Waals surface area contributed by atoms with Gasteiger partial charge in [0.05, 0.1) is 5.69 Å². The highest BCUT2D eigenvalue weighted by molar-refractivity contribution is 5.83. The summed E-state index contributed by atoms with van der Waals surface area (Å²) >= 11 is 0. The monoisotopic (exact) mass is 305 g/mol. The average molecular weight is 305 g/mol. The molecule has 0 saturated heterocycles. The van der Waals surface area contributed by atoms with E-state index in [9.17, 15) is 4.79 Å². The molecule has 0 atom stereocenters.